The standard InChI is InChI=1S/C29H25ClFN3O7/c1-29-17(25(37)33(27(29)39)12-6-9-19(31)18(30)10-12)11-16-13(22(29)15-4-3-5-20(41-2)23(15)35)7-8-14-21(16)26(38)34(24(14)36)28(32)40/h3-7,9-10,14,16-17,21-22,35H,8,11H2,1-2H3,(H2,32,40)/t14-,16+,17-,21-,22+,29+/m0/s1. The Hall–Kier alpha value is -4.25. The molecule has 0 spiro atoms. The van der Waals surface area contributed by atoms with Gasteiger partial charge in [-0.2, -0.15) is 4.90 Å². The van der Waals surface area contributed by atoms with Gasteiger partial charge in [-0.3, -0.25) is 19.2 Å². The number of methoxy groups -OCH3 is 1. The molecule has 0 radical (unpaired) electrons. The van der Waals surface area contributed by atoms with Crippen molar-refractivity contribution in [2.75, 3.05) is 12.0 Å². The summed E-state index contributed by atoms with van der Waals surface area (Å²) in [6.07, 6.45) is 1.89. The van der Waals surface area contributed by atoms with Crippen LogP contribution in [-0.2, 0) is 19.2 Å². The normalized spacial score (nSPS) is 30.6. The number of primary amides is 1. The molecule has 41 heavy (non-hydrogen) atoms. The molecule has 6 amide bonds. The second-order valence-corrected chi connectivity index (χ2v) is 11.4. The molecule has 2 aliphatic carbocycles. The monoisotopic (exact) mass is 581 g/mol. The number of carbonyl (C=O) groups is 5. The molecular formula is C29H25ClFN3O7. The second kappa shape index (κ2) is 9.13. The fraction of sp³-hybridized carbons (Fsp3) is 0.345. The lowest BCUT2D eigenvalue weighted by Gasteiger charge is -2.49. The third-order valence-corrected chi connectivity index (χ3v) is 9.51. The van der Waals surface area contributed by atoms with Crippen molar-refractivity contribution < 1.29 is 38.2 Å². The minimum Gasteiger partial charge on any atom is -0.504 e. The third-order valence-electron chi connectivity index (χ3n) is 9.22. The molecule has 0 unspecified atom stereocenters. The number of ether oxygens (including phenoxy) is 1. The summed E-state index contributed by atoms with van der Waals surface area (Å²) in [4.78, 5) is 68.2. The molecule has 1 saturated carbocycles. The number of phenols is 1. The Kier molecular flexibility index (Phi) is 6.00. The number of carbonyl (C=O) groups excluding carboxylic acids is 5. The number of nitrogens with zero attached hydrogens (tertiary/aromatic N) is 2. The van der Waals surface area contributed by atoms with Crippen molar-refractivity contribution in [3.05, 3.63) is 64.5 Å². The summed E-state index contributed by atoms with van der Waals surface area (Å²) in [7, 11) is 1.38. The summed E-state index contributed by atoms with van der Waals surface area (Å²) in [5, 5.41) is 11.0. The van der Waals surface area contributed by atoms with Gasteiger partial charge in [-0.1, -0.05) is 35.4 Å². The minimum atomic E-state index is -1.45. The van der Waals surface area contributed by atoms with E-state index in [4.69, 9.17) is 22.1 Å². The highest BCUT2D eigenvalue weighted by molar-refractivity contribution is 6.31. The summed E-state index contributed by atoms with van der Waals surface area (Å²) >= 11 is 5.99. The smallest absolute Gasteiger partial charge is 0.328 e. The molecular weight excluding hydrogens is 557 g/mol. The van der Waals surface area contributed by atoms with Crippen LogP contribution in [0, 0.1) is 34.9 Å². The van der Waals surface area contributed by atoms with Gasteiger partial charge in [-0.25, -0.2) is 14.1 Å². The number of anilines is 1. The van der Waals surface area contributed by atoms with E-state index in [9.17, 15) is 33.5 Å². The lowest BCUT2D eigenvalue weighted by Crippen LogP contribution is -2.49. The van der Waals surface area contributed by atoms with Gasteiger partial charge in [0.2, 0.25) is 23.6 Å². The first kappa shape index (κ1) is 26.9. The number of allylic oxidation sites excluding steroid dienone is 2. The van der Waals surface area contributed by atoms with Crippen LogP contribution in [-0.4, -0.2) is 46.8 Å². The first-order valence-electron chi connectivity index (χ1n) is 13.0. The Morgan fingerprint density at radius 2 is 1.85 bits per heavy atom. The van der Waals surface area contributed by atoms with E-state index in [1.54, 1.807) is 31.2 Å². The van der Waals surface area contributed by atoms with E-state index in [2.05, 4.69) is 0 Å². The molecule has 212 valence electrons. The fourth-order valence-corrected chi connectivity index (χ4v) is 7.56. The quantitative estimate of drug-likeness (QED) is 0.416. The summed E-state index contributed by atoms with van der Waals surface area (Å²) < 4.78 is 19.3. The van der Waals surface area contributed by atoms with Gasteiger partial charge in [0.1, 0.15) is 5.82 Å². The lowest BCUT2D eigenvalue weighted by molar-refractivity contribution is -0.136. The number of halogens is 2. The number of urea groups is 1. The van der Waals surface area contributed by atoms with Gasteiger partial charge in [0, 0.05) is 11.5 Å². The van der Waals surface area contributed by atoms with Crippen LogP contribution >= 0.6 is 11.6 Å². The van der Waals surface area contributed by atoms with Crippen LogP contribution in [0.3, 0.4) is 0 Å². The van der Waals surface area contributed by atoms with Crippen LogP contribution in [0.25, 0.3) is 0 Å². The zero-order valence-corrected chi connectivity index (χ0v) is 22.7. The van der Waals surface area contributed by atoms with Gasteiger partial charge in [-0.05, 0) is 49.9 Å². The lowest BCUT2D eigenvalue weighted by atomic mass is 9.51. The van der Waals surface area contributed by atoms with E-state index in [1.807, 2.05) is 0 Å². The Labute approximate surface area is 238 Å². The molecule has 12 heteroatoms. The Morgan fingerprint density at radius 1 is 1.12 bits per heavy atom. The topological polar surface area (TPSA) is 147 Å². The molecule has 2 heterocycles. The number of phenolic OH excluding ortho intramolecular Hbond substituents is 1. The molecule has 3 N–H and O–H groups in total. The second-order valence-electron chi connectivity index (χ2n) is 11.0. The Balaban J connectivity index is 1.55. The highest BCUT2D eigenvalue weighted by Gasteiger charge is 2.68. The van der Waals surface area contributed by atoms with Crippen molar-refractivity contribution in [2.45, 2.75) is 25.7 Å². The number of imide groups is 4. The number of rotatable bonds is 3. The Bertz CT molecular complexity index is 1610. The maximum atomic E-state index is 14.3. The molecule has 10 nitrogen and oxygen atoms in total. The first-order valence-corrected chi connectivity index (χ1v) is 13.4. The number of benzene rings is 2. The van der Waals surface area contributed by atoms with Gasteiger partial charge in [0.05, 0.1) is 41.0 Å². The molecule has 3 fully saturated rings. The zero-order valence-electron chi connectivity index (χ0n) is 22.0. The van der Waals surface area contributed by atoms with Crippen molar-refractivity contribution >= 4 is 46.9 Å². The summed E-state index contributed by atoms with van der Waals surface area (Å²) in [6, 6.07) is 7.15. The minimum absolute atomic E-state index is 0.0202. The van der Waals surface area contributed by atoms with E-state index in [1.165, 1.54) is 19.2 Å². The van der Waals surface area contributed by atoms with Crippen LogP contribution < -0.4 is 15.4 Å². The van der Waals surface area contributed by atoms with Gasteiger partial charge in [-0.15, -0.1) is 0 Å². The number of fused-ring (bicyclic) bond motifs is 4. The fourth-order valence-electron chi connectivity index (χ4n) is 7.38. The number of hydrogen-bond donors (Lipinski definition) is 2. The molecule has 6 atom stereocenters. The molecule has 2 aromatic rings. The van der Waals surface area contributed by atoms with Crippen LogP contribution in [0.2, 0.25) is 5.02 Å². The summed E-state index contributed by atoms with van der Waals surface area (Å²) in [6.45, 7) is 1.63. The molecule has 0 bridgehead atoms. The van der Waals surface area contributed by atoms with Crippen molar-refractivity contribution in [3.63, 3.8) is 0 Å². The van der Waals surface area contributed by atoms with Gasteiger partial charge < -0.3 is 15.6 Å². The van der Waals surface area contributed by atoms with E-state index in [0.29, 0.717) is 16.0 Å². The van der Waals surface area contributed by atoms with Gasteiger partial charge >= 0.3 is 6.03 Å². The van der Waals surface area contributed by atoms with Crippen LogP contribution in [0.1, 0.15) is 31.2 Å². The number of amides is 6. The van der Waals surface area contributed by atoms with Crippen molar-refractivity contribution in [1.29, 1.82) is 0 Å². The van der Waals surface area contributed by atoms with Crippen molar-refractivity contribution in [2.24, 2.45) is 34.8 Å². The first-order chi connectivity index (χ1) is 19.4. The van der Waals surface area contributed by atoms with Crippen molar-refractivity contribution in [3.8, 4) is 11.5 Å². The average Bonchev–Trinajstić information content (AvgIpc) is 3.30. The van der Waals surface area contributed by atoms with Gasteiger partial charge in [0.25, 0.3) is 0 Å². The number of likely N-dealkylation sites (tertiary alicyclic amines) is 1. The number of aromatic hydroxyl groups is 1. The maximum absolute atomic E-state index is 14.3. The number of nitrogens with two attached hydrogens (primary N) is 1. The van der Waals surface area contributed by atoms with Crippen LogP contribution in [0.15, 0.2) is 48.0 Å². The predicted molar refractivity (Wildman–Crippen MR) is 142 cm³/mol. The third kappa shape index (κ3) is 3.51. The van der Waals surface area contributed by atoms with Crippen molar-refractivity contribution in [1.82, 2.24) is 4.90 Å². The maximum Gasteiger partial charge on any atom is 0.328 e. The molecule has 4 aliphatic rings. The van der Waals surface area contributed by atoms with Crippen LogP contribution in [0.5, 0.6) is 11.5 Å². The SMILES string of the molecule is COc1cccc([C@H]2C3=CC[C@@H]4C(=O)N(C(N)=O)C(=O)[C@@H]4[C@@H]3C[C@H]3C(=O)N(c4ccc(F)c(Cl)c4)C(=O)[C@@]23C)c1O. The van der Waals surface area contributed by atoms with E-state index in [-0.39, 0.29) is 35.1 Å². The Morgan fingerprint density at radius 3 is 2.51 bits per heavy atom. The molecule has 2 aliphatic heterocycles. The summed E-state index contributed by atoms with van der Waals surface area (Å²) in [5.41, 5.74) is 4.89. The molecule has 2 saturated heterocycles. The van der Waals surface area contributed by atoms with Crippen LogP contribution in [0.4, 0.5) is 14.9 Å². The van der Waals surface area contributed by atoms with E-state index in [0.717, 1.165) is 11.0 Å². The highest BCUT2D eigenvalue weighted by Crippen LogP contribution is 2.64. The number of hydrogen-bond acceptors (Lipinski definition) is 7. The molecule has 6 rings (SSSR count). The molecule has 0 aromatic heterocycles. The summed E-state index contributed by atoms with van der Waals surface area (Å²) in [5.74, 6) is -7.89. The predicted octanol–water partition coefficient (Wildman–Crippen LogP) is 3.50. The largest absolute Gasteiger partial charge is 0.504 e. The van der Waals surface area contributed by atoms with E-state index < -0.39 is 70.5 Å². The van der Waals surface area contributed by atoms with Gasteiger partial charge in [0.15, 0.2) is 11.5 Å². The van der Waals surface area contributed by atoms with E-state index >= 15 is 0 Å². The zero-order chi connectivity index (χ0) is 29.5. The average molecular weight is 582 g/mol. The number of para-hydroxylation sites is 1. The molecule has 2 aromatic carbocycles. The highest BCUT2D eigenvalue weighted by atomic mass is 35.5.